The van der Waals surface area contributed by atoms with E-state index in [1.54, 1.807) is 23.6 Å². The van der Waals surface area contributed by atoms with Crippen molar-refractivity contribution in [3.63, 3.8) is 0 Å². The third-order valence-corrected chi connectivity index (χ3v) is 3.77. The molecule has 1 heterocycles. The Balaban J connectivity index is 2.22. The van der Waals surface area contributed by atoms with E-state index >= 15 is 0 Å². The fraction of sp³-hybridized carbons (Fsp3) is 0.133. The van der Waals surface area contributed by atoms with Crippen LogP contribution in [0.2, 0.25) is 5.02 Å². The first-order chi connectivity index (χ1) is 9.61. The van der Waals surface area contributed by atoms with Gasteiger partial charge in [0.1, 0.15) is 11.5 Å². The Labute approximate surface area is 126 Å². The monoisotopic (exact) mass is 305 g/mol. The first-order valence-corrected chi connectivity index (χ1v) is 7.12. The van der Waals surface area contributed by atoms with Crippen LogP contribution in [0.1, 0.15) is 20.8 Å². The van der Waals surface area contributed by atoms with Gasteiger partial charge in [-0.05, 0) is 36.1 Å². The van der Waals surface area contributed by atoms with Gasteiger partial charge in [0.25, 0.3) is 5.91 Å². The standard InChI is InChI=1S/C15H12ClNO2S/c1-10-4-5-13(12(16)9-10)17-15(19)14-11(3-2-7-18)6-8-20-14/h4-6,8-9,18H,7H2,1H3,(H,17,19). The van der Waals surface area contributed by atoms with Gasteiger partial charge >= 0.3 is 0 Å². The molecule has 20 heavy (non-hydrogen) atoms. The minimum Gasteiger partial charge on any atom is -0.384 e. The van der Waals surface area contributed by atoms with Gasteiger partial charge in [0.2, 0.25) is 0 Å². The van der Waals surface area contributed by atoms with E-state index in [2.05, 4.69) is 17.2 Å². The molecule has 2 aromatic rings. The lowest BCUT2D eigenvalue weighted by Gasteiger charge is -2.07. The van der Waals surface area contributed by atoms with Crippen LogP contribution in [0.15, 0.2) is 29.6 Å². The van der Waals surface area contributed by atoms with Gasteiger partial charge in [-0.2, -0.15) is 0 Å². The summed E-state index contributed by atoms with van der Waals surface area (Å²) in [5, 5.41) is 13.8. The fourth-order valence-electron chi connectivity index (χ4n) is 1.62. The van der Waals surface area contributed by atoms with Gasteiger partial charge in [-0.15, -0.1) is 11.3 Å². The molecule has 0 aliphatic carbocycles. The largest absolute Gasteiger partial charge is 0.384 e. The van der Waals surface area contributed by atoms with Crippen LogP contribution in [0.4, 0.5) is 5.69 Å². The number of nitrogens with one attached hydrogen (secondary N) is 1. The van der Waals surface area contributed by atoms with Crippen LogP contribution in [-0.4, -0.2) is 17.6 Å². The number of hydrogen-bond donors (Lipinski definition) is 2. The minimum atomic E-state index is -0.256. The quantitative estimate of drug-likeness (QED) is 0.836. The average Bonchev–Trinajstić information content (AvgIpc) is 2.88. The highest BCUT2D eigenvalue weighted by atomic mass is 35.5. The van der Waals surface area contributed by atoms with Crippen molar-refractivity contribution in [3.05, 3.63) is 50.7 Å². The van der Waals surface area contributed by atoms with Gasteiger partial charge in [0.05, 0.1) is 10.7 Å². The molecular weight excluding hydrogens is 294 g/mol. The summed E-state index contributed by atoms with van der Waals surface area (Å²) in [6, 6.07) is 7.18. The maximum Gasteiger partial charge on any atom is 0.267 e. The molecule has 1 amide bonds. The summed E-state index contributed by atoms with van der Waals surface area (Å²) in [7, 11) is 0. The van der Waals surface area contributed by atoms with Gasteiger partial charge < -0.3 is 10.4 Å². The Morgan fingerprint density at radius 2 is 2.25 bits per heavy atom. The third kappa shape index (κ3) is 3.40. The van der Waals surface area contributed by atoms with Gasteiger partial charge in [0, 0.05) is 5.56 Å². The highest BCUT2D eigenvalue weighted by Crippen LogP contribution is 2.24. The summed E-state index contributed by atoms with van der Waals surface area (Å²) in [4.78, 5) is 12.7. The molecule has 0 aliphatic heterocycles. The Morgan fingerprint density at radius 1 is 1.45 bits per heavy atom. The minimum absolute atomic E-state index is 0.235. The van der Waals surface area contributed by atoms with Crippen LogP contribution in [0, 0.1) is 18.8 Å². The number of anilines is 1. The number of carbonyl (C=O) groups is 1. The third-order valence-electron chi connectivity index (χ3n) is 2.55. The number of halogens is 1. The van der Waals surface area contributed by atoms with Crippen molar-refractivity contribution in [1.29, 1.82) is 0 Å². The first kappa shape index (κ1) is 14.6. The van der Waals surface area contributed by atoms with Gasteiger partial charge in [-0.1, -0.05) is 29.5 Å². The number of aliphatic hydroxyl groups excluding tert-OH is 1. The van der Waals surface area contributed by atoms with Gasteiger partial charge in [-0.3, -0.25) is 4.79 Å². The number of aliphatic hydroxyl groups is 1. The van der Waals surface area contributed by atoms with E-state index in [0.717, 1.165) is 5.56 Å². The molecule has 3 nitrogen and oxygen atoms in total. The van der Waals surface area contributed by atoms with Crippen molar-refractivity contribution in [3.8, 4) is 11.8 Å². The van der Waals surface area contributed by atoms with Crippen molar-refractivity contribution in [2.24, 2.45) is 0 Å². The molecule has 0 atom stereocenters. The van der Waals surface area contributed by atoms with E-state index in [-0.39, 0.29) is 12.5 Å². The summed E-state index contributed by atoms with van der Waals surface area (Å²) in [5.74, 6) is 5.03. The summed E-state index contributed by atoms with van der Waals surface area (Å²) in [6.45, 7) is 1.69. The molecule has 0 bridgehead atoms. The molecule has 2 rings (SSSR count). The smallest absolute Gasteiger partial charge is 0.267 e. The van der Waals surface area contributed by atoms with E-state index in [1.165, 1.54) is 11.3 Å². The molecule has 0 aliphatic rings. The number of amides is 1. The van der Waals surface area contributed by atoms with E-state index < -0.39 is 0 Å². The molecule has 0 fully saturated rings. The zero-order valence-electron chi connectivity index (χ0n) is 10.7. The predicted molar refractivity (Wildman–Crippen MR) is 82.4 cm³/mol. The van der Waals surface area contributed by atoms with Crippen LogP contribution >= 0.6 is 22.9 Å². The summed E-state index contributed by atoms with van der Waals surface area (Å²) >= 11 is 7.38. The average molecular weight is 306 g/mol. The van der Waals surface area contributed by atoms with Crippen LogP contribution in [0.5, 0.6) is 0 Å². The topological polar surface area (TPSA) is 49.3 Å². The second kappa shape index (κ2) is 6.58. The molecule has 0 unspecified atom stereocenters. The Hall–Kier alpha value is -1.80. The van der Waals surface area contributed by atoms with Crippen LogP contribution in [0.3, 0.4) is 0 Å². The summed E-state index contributed by atoms with van der Waals surface area (Å²) < 4.78 is 0. The van der Waals surface area contributed by atoms with Crippen molar-refractivity contribution in [2.75, 3.05) is 11.9 Å². The zero-order chi connectivity index (χ0) is 14.5. The highest BCUT2D eigenvalue weighted by Gasteiger charge is 2.13. The molecule has 0 spiro atoms. The Morgan fingerprint density at radius 3 is 2.95 bits per heavy atom. The van der Waals surface area contributed by atoms with Crippen molar-refractivity contribution in [1.82, 2.24) is 0 Å². The number of thiophene rings is 1. The Kier molecular flexibility index (Phi) is 4.80. The maximum absolute atomic E-state index is 12.2. The second-order valence-electron chi connectivity index (χ2n) is 4.06. The molecule has 0 saturated carbocycles. The number of hydrogen-bond acceptors (Lipinski definition) is 3. The normalized spacial score (nSPS) is 9.75. The number of benzene rings is 1. The maximum atomic E-state index is 12.2. The van der Waals surface area contributed by atoms with E-state index in [9.17, 15) is 4.79 Å². The first-order valence-electron chi connectivity index (χ1n) is 5.86. The van der Waals surface area contributed by atoms with E-state index in [4.69, 9.17) is 16.7 Å². The highest BCUT2D eigenvalue weighted by molar-refractivity contribution is 7.12. The number of carbonyl (C=O) groups excluding carboxylic acids is 1. The van der Waals surface area contributed by atoms with E-state index in [1.807, 2.05) is 13.0 Å². The molecule has 2 N–H and O–H groups in total. The number of aryl methyl sites for hydroxylation is 1. The second-order valence-corrected chi connectivity index (χ2v) is 5.38. The fourth-order valence-corrected chi connectivity index (χ4v) is 2.65. The molecule has 1 aromatic carbocycles. The molecule has 0 saturated heterocycles. The van der Waals surface area contributed by atoms with E-state index in [0.29, 0.717) is 21.2 Å². The zero-order valence-corrected chi connectivity index (χ0v) is 12.3. The number of rotatable bonds is 2. The van der Waals surface area contributed by atoms with Crippen LogP contribution < -0.4 is 5.32 Å². The van der Waals surface area contributed by atoms with Crippen molar-refractivity contribution in [2.45, 2.75) is 6.92 Å². The van der Waals surface area contributed by atoms with Gasteiger partial charge in [0.15, 0.2) is 0 Å². The molecule has 5 heteroatoms. The summed E-state index contributed by atoms with van der Waals surface area (Å²) in [6.07, 6.45) is 0. The molecule has 0 radical (unpaired) electrons. The SMILES string of the molecule is Cc1ccc(NC(=O)c2sccc2C#CCO)c(Cl)c1. The lowest BCUT2D eigenvalue weighted by atomic mass is 10.2. The van der Waals surface area contributed by atoms with Crippen LogP contribution in [0.25, 0.3) is 0 Å². The predicted octanol–water partition coefficient (Wildman–Crippen LogP) is 3.31. The lowest BCUT2D eigenvalue weighted by Crippen LogP contribution is -2.11. The molecule has 102 valence electrons. The lowest BCUT2D eigenvalue weighted by molar-refractivity contribution is 0.103. The van der Waals surface area contributed by atoms with Crippen molar-refractivity contribution < 1.29 is 9.90 Å². The molecule has 1 aromatic heterocycles. The molecular formula is C15H12ClNO2S. The summed E-state index contributed by atoms with van der Waals surface area (Å²) in [5.41, 5.74) is 2.19. The Bertz CT molecular complexity index is 697. The van der Waals surface area contributed by atoms with Crippen LogP contribution in [-0.2, 0) is 0 Å². The van der Waals surface area contributed by atoms with Gasteiger partial charge in [-0.25, -0.2) is 0 Å². The van der Waals surface area contributed by atoms with Crippen molar-refractivity contribution >= 4 is 34.5 Å².